The molecule has 134 valence electrons. The van der Waals surface area contributed by atoms with Gasteiger partial charge in [0, 0.05) is 61.6 Å². The molecule has 5 nitrogen and oxygen atoms in total. The normalized spacial score (nSPS) is 17.4. The maximum atomic E-state index is 13.0. The fraction of sp³-hybridized carbons (Fsp3) is 0.333. The second-order valence-corrected chi connectivity index (χ2v) is 6.80. The maximum Gasteiger partial charge on any atom is 0.253 e. The van der Waals surface area contributed by atoms with Crippen molar-refractivity contribution in [3.63, 3.8) is 0 Å². The van der Waals surface area contributed by atoms with Gasteiger partial charge in [-0.25, -0.2) is 4.98 Å². The lowest BCUT2D eigenvalue weighted by Gasteiger charge is -2.32. The van der Waals surface area contributed by atoms with E-state index in [9.17, 15) is 4.79 Å². The summed E-state index contributed by atoms with van der Waals surface area (Å²) in [6.07, 6.45) is 10.0. The first-order chi connectivity index (χ1) is 12.8. The highest BCUT2D eigenvalue weighted by molar-refractivity contribution is 5.94. The number of aromatic nitrogens is 3. The van der Waals surface area contributed by atoms with Crippen LogP contribution in [-0.4, -0.2) is 38.0 Å². The van der Waals surface area contributed by atoms with Gasteiger partial charge in [-0.15, -0.1) is 0 Å². The largest absolute Gasteiger partial charge is 0.338 e. The SMILES string of the molecule is CCn1ccnc1[C@@H]1CCCN(C(=O)c2ccc(-n3cccc3)cc2)C1. The van der Waals surface area contributed by atoms with Crippen molar-refractivity contribution >= 4 is 5.91 Å². The number of carbonyl (C=O) groups is 1. The van der Waals surface area contributed by atoms with Crippen LogP contribution in [-0.2, 0) is 6.54 Å². The fourth-order valence-corrected chi connectivity index (χ4v) is 3.79. The molecule has 0 radical (unpaired) electrons. The van der Waals surface area contributed by atoms with Gasteiger partial charge >= 0.3 is 0 Å². The number of amides is 1. The zero-order valence-corrected chi connectivity index (χ0v) is 15.1. The smallest absolute Gasteiger partial charge is 0.253 e. The Morgan fingerprint density at radius 3 is 2.65 bits per heavy atom. The summed E-state index contributed by atoms with van der Waals surface area (Å²) < 4.78 is 4.22. The van der Waals surface area contributed by atoms with E-state index in [1.54, 1.807) is 0 Å². The third kappa shape index (κ3) is 3.17. The second-order valence-electron chi connectivity index (χ2n) is 6.80. The Morgan fingerprint density at radius 1 is 1.15 bits per heavy atom. The molecule has 1 aliphatic heterocycles. The number of hydrogen-bond acceptors (Lipinski definition) is 2. The van der Waals surface area contributed by atoms with Crippen molar-refractivity contribution in [1.82, 2.24) is 19.0 Å². The van der Waals surface area contributed by atoms with Crippen LogP contribution in [0.2, 0.25) is 0 Å². The van der Waals surface area contributed by atoms with Gasteiger partial charge in [-0.3, -0.25) is 4.79 Å². The Hall–Kier alpha value is -2.82. The molecule has 0 bridgehead atoms. The molecule has 0 N–H and O–H groups in total. The van der Waals surface area contributed by atoms with Crippen LogP contribution in [0, 0.1) is 0 Å². The van der Waals surface area contributed by atoms with Crippen molar-refractivity contribution in [3.05, 3.63) is 72.6 Å². The average Bonchev–Trinajstić information content (AvgIpc) is 3.39. The lowest BCUT2D eigenvalue weighted by Crippen LogP contribution is -2.39. The summed E-state index contributed by atoms with van der Waals surface area (Å²) in [7, 11) is 0. The van der Waals surface area contributed by atoms with Crippen LogP contribution < -0.4 is 0 Å². The van der Waals surface area contributed by atoms with Crippen molar-refractivity contribution in [3.8, 4) is 5.69 Å². The summed E-state index contributed by atoms with van der Waals surface area (Å²) >= 11 is 0. The number of aryl methyl sites for hydroxylation is 1. The van der Waals surface area contributed by atoms with Crippen LogP contribution in [0.15, 0.2) is 61.2 Å². The van der Waals surface area contributed by atoms with Gasteiger partial charge in [0.2, 0.25) is 0 Å². The van der Waals surface area contributed by atoms with Crippen molar-refractivity contribution in [2.24, 2.45) is 0 Å². The van der Waals surface area contributed by atoms with Crippen LogP contribution >= 0.6 is 0 Å². The van der Waals surface area contributed by atoms with Gasteiger partial charge in [-0.2, -0.15) is 0 Å². The van der Waals surface area contributed by atoms with E-state index in [0.717, 1.165) is 49.6 Å². The molecule has 0 unspecified atom stereocenters. The average molecular weight is 348 g/mol. The van der Waals surface area contributed by atoms with Gasteiger partial charge in [-0.05, 0) is 56.2 Å². The molecular formula is C21H24N4O. The van der Waals surface area contributed by atoms with Gasteiger partial charge in [0.1, 0.15) is 5.82 Å². The quantitative estimate of drug-likeness (QED) is 0.721. The number of nitrogens with zero attached hydrogens (tertiary/aromatic N) is 4. The zero-order chi connectivity index (χ0) is 17.9. The van der Waals surface area contributed by atoms with E-state index in [1.807, 2.05) is 70.7 Å². The van der Waals surface area contributed by atoms with E-state index in [2.05, 4.69) is 16.5 Å². The summed E-state index contributed by atoms with van der Waals surface area (Å²) in [5.74, 6) is 1.54. The van der Waals surface area contributed by atoms with E-state index < -0.39 is 0 Å². The number of imidazole rings is 1. The van der Waals surface area contributed by atoms with Crippen LogP contribution in [0.4, 0.5) is 0 Å². The number of piperidine rings is 1. The first kappa shape index (κ1) is 16.6. The molecule has 26 heavy (non-hydrogen) atoms. The molecule has 1 amide bonds. The molecule has 0 saturated carbocycles. The van der Waals surface area contributed by atoms with Crippen LogP contribution in [0.1, 0.15) is 41.9 Å². The van der Waals surface area contributed by atoms with E-state index in [-0.39, 0.29) is 5.91 Å². The van der Waals surface area contributed by atoms with Crippen molar-refractivity contribution in [2.75, 3.05) is 13.1 Å². The minimum absolute atomic E-state index is 0.114. The topological polar surface area (TPSA) is 43.1 Å². The summed E-state index contributed by atoms with van der Waals surface area (Å²) in [5.41, 5.74) is 1.81. The highest BCUT2D eigenvalue weighted by Gasteiger charge is 2.27. The van der Waals surface area contributed by atoms with E-state index >= 15 is 0 Å². The lowest BCUT2D eigenvalue weighted by molar-refractivity contribution is 0.0703. The number of likely N-dealkylation sites (tertiary alicyclic amines) is 1. The number of rotatable bonds is 4. The van der Waals surface area contributed by atoms with Gasteiger partial charge in [-0.1, -0.05) is 0 Å². The molecule has 5 heteroatoms. The zero-order valence-electron chi connectivity index (χ0n) is 15.1. The monoisotopic (exact) mass is 348 g/mol. The van der Waals surface area contributed by atoms with Crippen molar-refractivity contribution in [2.45, 2.75) is 32.2 Å². The number of carbonyl (C=O) groups excluding carboxylic acids is 1. The standard InChI is InChI=1S/C21H24N4O/c1-2-23-15-11-22-20(23)18-6-5-14-25(16-18)21(26)17-7-9-19(10-8-17)24-12-3-4-13-24/h3-4,7-13,15,18H,2,5-6,14,16H2,1H3/t18-/m1/s1. The van der Waals surface area contributed by atoms with Crippen LogP contribution in [0.5, 0.6) is 0 Å². The number of hydrogen-bond donors (Lipinski definition) is 0. The molecule has 1 aromatic carbocycles. The fourth-order valence-electron chi connectivity index (χ4n) is 3.79. The van der Waals surface area contributed by atoms with E-state index in [0.29, 0.717) is 5.92 Å². The van der Waals surface area contributed by atoms with Crippen LogP contribution in [0.3, 0.4) is 0 Å². The predicted octanol–water partition coefficient (Wildman–Crippen LogP) is 3.71. The van der Waals surface area contributed by atoms with Crippen molar-refractivity contribution < 1.29 is 4.79 Å². The minimum atomic E-state index is 0.114. The van der Waals surface area contributed by atoms with Gasteiger partial charge < -0.3 is 14.0 Å². The molecule has 3 aromatic rings. The Balaban J connectivity index is 1.49. The summed E-state index contributed by atoms with van der Waals surface area (Å²) in [6.45, 7) is 4.61. The van der Waals surface area contributed by atoms with Crippen molar-refractivity contribution in [1.29, 1.82) is 0 Å². The van der Waals surface area contributed by atoms with Crippen LogP contribution in [0.25, 0.3) is 5.69 Å². The van der Waals surface area contributed by atoms with E-state index in [4.69, 9.17) is 0 Å². The number of benzene rings is 1. The molecule has 1 fully saturated rings. The Morgan fingerprint density at radius 2 is 1.92 bits per heavy atom. The van der Waals surface area contributed by atoms with E-state index in [1.165, 1.54) is 0 Å². The molecule has 1 atom stereocenters. The highest BCUT2D eigenvalue weighted by atomic mass is 16.2. The predicted molar refractivity (Wildman–Crippen MR) is 102 cm³/mol. The molecule has 1 aliphatic rings. The van der Waals surface area contributed by atoms with Gasteiger partial charge in [0.15, 0.2) is 0 Å². The summed E-state index contributed by atoms with van der Waals surface area (Å²) in [5, 5.41) is 0. The summed E-state index contributed by atoms with van der Waals surface area (Å²) in [6, 6.07) is 11.8. The van der Waals surface area contributed by atoms with Gasteiger partial charge in [0.05, 0.1) is 0 Å². The Labute approximate surface area is 153 Å². The second kappa shape index (κ2) is 7.20. The molecule has 3 heterocycles. The molecule has 1 saturated heterocycles. The summed E-state index contributed by atoms with van der Waals surface area (Å²) in [4.78, 5) is 19.5. The maximum absolute atomic E-state index is 13.0. The molecule has 2 aromatic heterocycles. The highest BCUT2D eigenvalue weighted by Crippen LogP contribution is 2.27. The molecule has 4 rings (SSSR count). The minimum Gasteiger partial charge on any atom is -0.338 e. The molecular weight excluding hydrogens is 324 g/mol. The third-order valence-corrected chi connectivity index (χ3v) is 5.18. The third-order valence-electron chi connectivity index (χ3n) is 5.18. The van der Waals surface area contributed by atoms with Gasteiger partial charge in [0.25, 0.3) is 5.91 Å². The first-order valence-corrected chi connectivity index (χ1v) is 9.30. The Bertz CT molecular complexity index is 864. The lowest BCUT2D eigenvalue weighted by atomic mass is 9.96. The molecule has 0 aliphatic carbocycles. The molecule has 0 spiro atoms. The Kier molecular flexibility index (Phi) is 4.61. The first-order valence-electron chi connectivity index (χ1n) is 9.30.